The van der Waals surface area contributed by atoms with Gasteiger partial charge in [-0.1, -0.05) is 0 Å². The third-order valence-corrected chi connectivity index (χ3v) is 1.29. The molecule has 0 bridgehead atoms. The third-order valence-electron chi connectivity index (χ3n) is 0.798. The second-order valence-corrected chi connectivity index (χ2v) is 2.40. The average Bonchev–Trinajstić information content (AvgIpc) is 1.81. The van der Waals surface area contributed by atoms with E-state index in [0.717, 1.165) is 19.0 Å². The molecule has 0 saturated heterocycles. The lowest BCUT2D eigenvalue weighted by molar-refractivity contribution is 0.708. The van der Waals surface area contributed by atoms with Crippen molar-refractivity contribution in [2.75, 3.05) is 32.3 Å². The highest BCUT2D eigenvalue weighted by Crippen LogP contribution is 1.82. The molecule has 2 N–H and O–H groups in total. The van der Waals surface area contributed by atoms with E-state index < -0.39 is 0 Å². The van der Waals surface area contributed by atoms with Gasteiger partial charge in [-0.05, 0) is 13.3 Å². The average molecular weight is 134 g/mol. The number of thioether (sulfide) groups is 1. The summed E-state index contributed by atoms with van der Waals surface area (Å²) in [5.41, 5.74) is 0. The monoisotopic (exact) mass is 134 g/mol. The van der Waals surface area contributed by atoms with Crippen LogP contribution in [-0.2, 0) is 0 Å². The van der Waals surface area contributed by atoms with Crippen LogP contribution in [0.5, 0.6) is 0 Å². The Bertz CT molecular complexity index is 35.4. The Hall–Kier alpha value is 0.270. The van der Waals surface area contributed by atoms with Crippen LogP contribution >= 0.6 is 11.8 Å². The first kappa shape index (κ1) is 8.27. The standard InChI is InChI=1S/C5H14N2S/c1-6-3-4-7-5-8-2/h6-7H,3-5H2,1-2H3. The van der Waals surface area contributed by atoms with Crippen molar-refractivity contribution < 1.29 is 0 Å². The summed E-state index contributed by atoms with van der Waals surface area (Å²) in [5.74, 6) is 1.06. The zero-order valence-electron chi connectivity index (χ0n) is 5.53. The van der Waals surface area contributed by atoms with Crippen LogP contribution in [0.4, 0.5) is 0 Å². The lowest BCUT2D eigenvalue weighted by atomic mass is 10.6. The van der Waals surface area contributed by atoms with E-state index in [1.165, 1.54) is 0 Å². The fourth-order valence-corrected chi connectivity index (χ4v) is 0.736. The maximum atomic E-state index is 3.24. The van der Waals surface area contributed by atoms with Gasteiger partial charge in [0.2, 0.25) is 0 Å². The molecule has 0 aromatic heterocycles. The molecule has 0 aromatic carbocycles. The number of hydrogen-bond donors (Lipinski definition) is 2. The largest absolute Gasteiger partial charge is 0.318 e. The smallest absolute Gasteiger partial charge is 0.0415 e. The molecule has 0 fully saturated rings. The van der Waals surface area contributed by atoms with Crippen LogP contribution in [0.1, 0.15) is 0 Å². The first-order valence-electron chi connectivity index (χ1n) is 2.76. The van der Waals surface area contributed by atoms with Crippen LogP contribution in [0.2, 0.25) is 0 Å². The van der Waals surface area contributed by atoms with E-state index >= 15 is 0 Å². The highest BCUT2D eigenvalue weighted by atomic mass is 32.2. The zero-order chi connectivity index (χ0) is 6.24. The summed E-state index contributed by atoms with van der Waals surface area (Å²) in [5, 5.41) is 6.29. The van der Waals surface area contributed by atoms with Crippen molar-refractivity contribution in [2.45, 2.75) is 0 Å². The predicted molar refractivity (Wildman–Crippen MR) is 40.3 cm³/mol. The molecule has 0 aromatic rings. The van der Waals surface area contributed by atoms with E-state index in [1.54, 1.807) is 0 Å². The van der Waals surface area contributed by atoms with Crippen molar-refractivity contribution >= 4 is 11.8 Å². The fourth-order valence-electron chi connectivity index (χ4n) is 0.388. The molecule has 0 aliphatic rings. The van der Waals surface area contributed by atoms with E-state index in [-0.39, 0.29) is 0 Å². The minimum Gasteiger partial charge on any atom is -0.318 e. The van der Waals surface area contributed by atoms with E-state index in [4.69, 9.17) is 0 Å². The molecule has 2 nitrogen and oxygen atoms in total. The van der Waals surface area contributed by atoms with Crippen molar-refractivity contribution in [3.05, 3.63) is 0 Å². The van der Waals surface area contributed by atoms with Crippen molar-refractivity contribution in [2.24, 2.45) is 0 Å². The summed E-state index contributed by atoms with van der Waals surface area (Å²) >= 11 is 1.81. The number of rotatable bonds is 5. The maximum absolute atomic E-state index is 3.24. The van der Waals surface area contributed by atoms with E-state index in [9.17, 15) is 0 Å². The lowest BCUT2D eigenvalue weighted by Crippen LogP contribution is -2.24. The van der Waals surface area contributed by atoms with Crippen LogP contribution in [0.25, 0.3) is 0 Å². The number of nitrogens with one attached hydrogen (secondary N) is 2. The topological polar surface area (TPSA) is 24.1 Å². The minimum absolute atomic E-state index is 1.06. The van der Waals surface area contributed by atoms with Crippen molar-refractivity contribution in [3.63, 3.8) is 0 Å². The molecule has 0 amide bonds. The summed E-state index contributed by atoms with van der Waals surface area (Å²) < 4.78 is 0. The Morgan fingerprint density at radius 3 is 2.62 bits per heavy atom. The molecule has 0 atom stereocenters. The third kappa shape index (κ3) is 6.27. The molecule has 0 aliphatic carbocycles. The molecule has 0 spiro atoms. The molecule has 0 unspecified atom stereocenters. The maximum Gasteiger partial charge on any atom is 0.0415 e. The second-order valence-electron chi connectivity index (χ2n) is 1.54. The molecule has 8 heavy (non-hydrogen) atoms. The van der Waals surface area contributed by atoms with Gasteiger partial charge in [0.15, 0.2) is 0 Å². The van der Waals surface area contributed by atoms with Crippen molar-refractivity contribution in [3.8, 4) is 0 Å². The summed E-state index contributed by atoms with van der Waals surface area (Å²) in [6.07, 6.45) is 2.09. The molecule has 3 heteroatoms. The Morgan fingerprint density at radius 2 is 2.12 bits per heavy atom. The van der Waals surface area contributed by atoms with E-state index in [2.05, 4.69) is 16.9 Å². The van der Waals surface area contributed by atoms with Crippen LogP contribution in [0.15, 0.2) is 0 Å². The molecule has 0 rings (SSSR count). The van der Waals surface area contributed by atoms with Gasteiger partial charge >= 0.3 is 0 Å². The Morgan fingerprint density at radius 1 is 1.38 bits per heavy atom. The summed E-state index contributed by atoms with van der Waals surface area (Å²) in [7, 11) is 1.96. The van der Waals surface area contributed by atoms with Gasteiger partial charge < -0.3 is 10.6 Å². The molecular formula is C5H14N2S. The minimum atomic E-state index is 1.06. The van der Waals surface area contributed by atoms with Gasteiger partial charge in [0.25, 0.3) is 0 Å². The normalized spacial score (nSPS) is 9.75. The van der Waals surface area contributed by atoms with Gasteiger partial charge in [0.05, 0.1) is 0 Å². The van der Waals surface area contributed by atoms with Crippen LogP contribution in [0.3, 0.4) is 0 Å². The van der Waals surface area contributed by atoms with E-state index in [1.807, 2.05) is 18.8 Å². The Labute approximate surface area is 55.4 Å². The van der Waals surface area contributed by atoms with Gasteiger partial charge in [0, 0.05) is 19.0 Å². The first-order chi connectivity index (χ1) is 3.91. The van der Waals surface area contributed by atoms with E-state index in [0.29, 0.717) is 0 Å². The highest BCUT2D eigenvalue weighted by Gasteiger charge is 1.79. The first-order valence-corrected chi connectivity index (χ1v) is 4.15. The Kier molecular flexibility index (Phi) is 7.52. The molecule has 50 valence electrons. The van der Waals surface area contributed by atoms with Gasteiger partial charge in [-0.3, -0.25) is 0 Å². The predicted octanol–water partition coefficient (Wildman–Crippen LogP) is 0.116. The molecule has 0 heterocycles. The quantitative estimate of drug-likeness (QED) is 0.412. The Balaban J connectivity index is 2.53. The summed E-state index contributed by atoms with van der Waals surface area (Å²) in [4.78, 5) is 0. The molecular weight excluding hydrogens is 120 g/mol. The van der Waals surface area contributed by atoms with Crippen LogP contribution in [-0.4, -0.2) is 32.3 Å². The molecule has 0 aliphatic heterocycles. The van der Waals surface area contributed by atoms with Crippen molar-refractivity contribution in [1.82, 2.24) is 10.6 Å². The fraction of sp³-hybridized carbons (Fsp3) is 1.00. The summed E-state index contributed by atoms with van der Waals surface area (Å²) in [6, 6.07) is 0. The highest BCUT2D eigenvalue weighted by molar-refractivity contribution is 7.98. The van der Waals surface area contributed by atoms with Crippen molar-refractivity contribution in [1.29, 1.82) is 0 Å². The van der Waals surface area contributed by atoms with Gasteiger partial charge in [-0.25, -0.2) is 0 Å². The number of likely N-dealkylation sites (N-methyl/N-ethyl adjacent to an activating group) is 1. The SMILES string of the molecule is CNCCNCSC. The second kappa shape index (κ2) is 7.27. The van der Waals surface area contributed by atoms with Crippen LogP contribution < -0.4 is 10.6 Å². The molecule has 0 saturated carbocycles. The molecule has 0 radical (unpaired) electrons. The number of hydrogen-bond acceptors (Lipinski definition) is 3. The van der Waals surface area contributed by atoms with Crippen LogP contribution in [0, 0.1) is 0 Å². The van der Waals surface area contributed by atoms with Gasteiger partial charge in [-0.15, -0.1) is 11.8 Å². The zero-order valence-corrected chi connectivity index (χ0v) is 6.35. The summed E-state index contributed by atoms with van der Waals surface area (Å²) in [6.45, 7) is 2.12. The van der Waals surface area contributed by atoms with Gasteiger partial charge in [0.1, 0.15) is 0 Å². The van der Waals surface area contributed by atoms with Gasteiger partial charge in [-0.2, -0.15) is 0 Å². The lowest BCUT2D eigenvalue weighted by Gasteiger charge is -1.99.